The van der Waals surface area contributed by atoms with Crippen LogP contribution in [0.25, 0.3) is 0 Å². The number of carbonyl (C=O) groups excluding carboxylic acids is 2. The van der Waals surface area contributed by atoms with Crippen molar-refractivity contribution in [2.24, 2.45) is 0 Å². The molecule has 2 heterocycles. The minimum Gasteiger partial charge on any atom is -0.320 e. The SMILES string of the molecule is CCC.CCCCN1CNC1=O.CCCCN1CNC1=O.c1ccccc1.c1ccccc1. The lowest BCUT2D eigenvalue weighted by Crippen LogP contribution is -2.56. The van der Waals surface area contributed by atoms with Crippen LogP contribution in [0.1, 0.15) is 59.8 Å². The van der Waals surface area contributed by atoms with E-state index in [0.717, 1.165) is 52.1 Å². The van der Waals surface area contributed by atoms with Gasteiger partial charge < -0.3 is 20.4 Å². The largest absolute Gasteiger partial charge is 0.320 e. The molecule has 0 radical (unpaired) electrons. The van der Waals surface area contributed by atoms with Crippen molar-refractivity contribution in [3.05, 3.63) is 72.8 Å². The van der Waals surface area contributed by atoms with Crippen LogP contribution < -0.4 is 10.6 Å². The molecule has 0 aromatic heterocycles. The lowest BCUT2D eigenvalue weighted by Gasteiger charge is -2.31. The predicted octanol–water partition coefficient (Wildman–Crippen LogP) is 6.33. The van der Waals surface area contributed by atoms with E-state index in [2.05, 4.69) is 38.3 Å². The quantitative estimate of drug-likeness (QED) is 0.533. The molecule has 2 aromatic rings. The molecule has 2 fully saturated rings. The van der Waals surface area contributed by atoms with Crippen LogP contribution in [0.15, 0.2) is 72.8 Å². The predicted molar refractivity (Wildman–Crippen MR) is 139 cm³/mol. The normalized spacial score (nSPS) is 12.7. The molecule has 2 aliphatic rings. The topological polar surface area (TPSA) is 64.7 Å². The van der Waals surface area contributed by atoms with E-state index < -0.39 is 0 Å². The molecule has 0 aliphatic carbocycles. The summed E-state index contributed by atoms with van der Waals surface area (Å²) in [6, 6.07) is 24.2. The molecule has 0 spiro atoms. The average molecular weight is 457 g/mol. The highest BCUT2D eigenvalue weighted by Crippen LogP contribution is 2.00. The van der Waals surface area contributed by atoms with Gasteiger partial charge in [-0.15, -0.1) is 0 Å². The Morgan fingerprint density at radius 2 is 0.818 bits per heavy atom. The molecule has 4 amide bonds. The van der Waals surface area contributed by atoms with Gasteiger partial charge in [-0.2, -0.15) is 0 Å². The van der Waals surface area contributed by atoms with Gasteiger partial charge in [-0.05, 0) is 12.8 Å². The summed E-state index contributed by atoms with van der Waals surface area (Å²) in [5, 5.41) is 5.31. The zero-order valence-corrected chi connectivity index (χ0v) is 21.0. The van der Waals surface area contributed by atoms with Crippen LogP contribution in [0.2, 0.25) is 0 Å². The number of nitrogens with one attached hydrogen (secondary N) is 2. The highest BCUT2D eigenvalue weighted by Gasteiger charge is 2.21. The maximum atomic E-state index is 10.6. The first-order chi connectivity index (χ1) is 16.1. The number of unbranched alkanes of at least 4 members (excludes halogenated alkanes) is 2. The maximum absolute atomic E-state index is 10.6. The number of benzene rings is 2. The second-order valence-corrected chi connectivity index (χ2v) is 7.53. The molecule has 6 nitrogen and oxygen atoms in total. The average Bonchev–Trinajstić information content (AvgIpc) is 2.86. The fourth-order valence-corrected chi connectivity index (χ4v) is 2.34. The summed E-state index contributed by atoms with van der Waals surface area (Å²) < 4.78 is 0. The lowest BCUT2D eigenvalue weighted by molar-refractivity contribution is 0.154. The monoisotopic (exact) mass is 456 g/mol. The van der Waals surface area contributed by atoms with Crippen LogP contribution in [0.5, 0.6) is 0 Å². The summed E-state index contributed by atoms with van der Waals surface area (Å²) in [4.78, 5) is 24.7. The molecule has 2 N–H and O–H groups in total. The number of amides is 4. The Labute approximate surface area is 201 Å². The van der Waals surface area contributed by atoms with Crippen LogP contribution in [0.3, 0.4) is 0 Å². The molecule has 6 heteroatoms. The standard InChI is InChI=1S/2C6H12N2O.2C6H6.C3H8/c2*1-2-3-4-8-5-7-6(8)9;2*1-2-4-6-5-3-1;1-3-2/h2*2-5H2,1H3,(H,7,9);2*1-6H;3H2,1-2H3. The molecule has 4 rings (SSSR count). The number of rotatable bonds is 6. The Balaban J connectivity index is 0.000000404. The van der Waals surface area contributed by atoms with Crippen LogP contribution in [-0.2, 0) is 0 Å². The Hall–Kier alpha value is -3.02. The van der Waals surface area contributed by atoms with Gasteiger partial charge in [-0.1, -0.05) is 120 Å². The van der Waals surface area contributed by atoms with Gasteiger partial charge >= 0.3 is 12.1 Å². The molecule has 0 saturated carbocycles. The van der Waals surface area contributed by atoms with E-state index in [0.29, 0.717) is 0 Å². The molecule has 2 aromatic carbocycles. The van der Waals surface area contributed by atoms with Crippen molar-refractivity contribution in [1.82, 2.24) is 20.4 Å². The van der Waals surface area contributed by atoms with Crippen LogP contribution in [-0.4, -0.2) is 48.3 Å². The molecule has 0 unspecified atom stereocenters. The summed E-state index contributed by atoms with van der Waals surface area (Å²) in [6.45, 7) is 11.8. The lowest BCUT2D eigenvalue weighted by atomic mass is 10.3. The summed E-state index contributed by atoms with van der Waals surface area (Å²) in [5.74, 6) is 0. The molecule has 0 bridgehead atoms. The summed E-state index contributed by atoms with van der Waals surface area (Å²) >= 11 is 0. The summed E-state index contributed by atoms with van der Waals surface area (Å²) in [7, 11) is 0. The third kappa shape index (κ3) is 17.2. The van der Waals surface area contributed by atoms with Crippen molar-refractivity contribution in [2.45, 2.75) is 59.8 Å². The van der Waals surface area contributed by atoms with Crippen molar-refractivity contribution in [3.8, 4) is 0 Å². The molecule has 184 valence electrons. The number of carbonyl (C=O) groups is 2. The molecular formula is C27H44N4O2. The second kappa shape index (κ2) is 22.2. The van der Waals surface area contributed by atoms with E-state index in [1.165, 1.54) is 6.42 Å². The number of hydrogen-bond donors (Lipinski definition) is 2. The number of hydrogen-bond acceptors (Lipinski definition) is 2. The van der Waals surface area contributed by atoms with Gasteiger partial charge in [0.2, 0.25) is 0 Å². The maximum Gasteiger partial charge on any atom is 0.320 e. The number of nitrogens with zero attached hydrogens (tertiary/aromatic N) is 2. The van der Waals surface area contributed by atoms with Crippen LogP contribution in [0, 0.1) is 0 Å². The molecular weight excluding hydrogens is 412 g/mol. The van der Waals surface area contributed by atoms with E-state index in [9.17, 15) is 9.59 Å². The first kappa shape index (κ1) is 30.0. The van der Waals surface area contributed by atoms with Gasteiger partial charge in [-0.3, -0.25) is 0 Å². The molecule has 2 aliphatic heterocycles. The van der Waals surface area contributed by atoms with Crippen molar-refractivity contribution < 1.29 is 9.59 Å². The fourth-order valence-electron chi connectivity index (χ4n) is 2.34. The van der Waals surface area contributed by atoms with E-state index in [4.69, 9.17) is 0 Å². The Morgan fingerprint density at radius 3 is 0.939 bits per heavy atom. The Bertz CT molecular complexity index is 570. The summed E-state index contributed by atoms with van der Waals surface area (Å²) in [5.41, 5.74) is 0. The van der Waals surface area contributed by atoms with Gasteiger partial charge in [0.05, 0.1) is 13.3 Å². The van der Waals surface area contributed by atoms with Crippen molar-refractivity contribution >= 4 is 12.1 Å². The Kier molecular flexibility index (Phi) is 20.2. The fraction of sp³-hybridized carbons (Fsp3) is 0.481. The minimum absolute atomic E-state index is 0.0865. The first-order valence-electron chi connectivity index (χ1n) is 12.2. The van der Waals surface area contributed by atoms with E-state index in [-0.39, 0.29) is 12.1 Å². The van der Waals surface area contributed by atoms with Gasteiger partial charge in [-0.25, -0.2) is 9.59 Å². The van der Waals surface area contributed by atoms with E-state index in [1.54, 1.807) is 0 Å². The van der Waals surface area contributed by atoms with Crippen molar-refractivity contribution in [1.29, 1.82) is 0 Å². The van der Waals surface area contributed by atoms with Gasteiger partial charge in [0.15, 0.2) is 0 Å². The van der Waals surface area contributed by atoms with Crippen molar-refractivity contribution in [3.63, 3.8) is 0 Å². The van der Waals surface area contributed by atoms with E-state index >= 15 is 0 Å². The smallest absolute Gasteiger partial charge is 0.320 e. The third-order valence-electron chi connectivity index (χ3n) is 4.31. The Morgan fingerprint density at radius 1 is 0.576 bits per heavy atom. The highest BCUT2D eigenvalue weighted by atomic mass is 16.2. The van der Waals surface area contributed by atoms with Gasteiger partial charge in [0, 0.05) is 13.1 Å². The molecule has 2 saturated heterocycles. The second-order valence-electron chi connectivity index (χ2n) is 7.53. The van der Waals surface area contributed by atoms with Crippen molar-refractivity contribution in [2.75, 3.05) is 26.4 Å². The minimum atomic E-state index is 0.0865. The third-order valence-corrected chi connectivity index (χ3v) is 4.31. The zero-order valence-electron chi connectivity index (χ0n) is 21.0. The van der Waals surface area contributed by atoms with Gasteiger partial charge in [0.1, 0.15) is 0 Å². The van der Waals surface area contributed by atoms with E-state index in [1.807, 2.05) is 82.6 Å². The van der Waals surface area contributed by atoms with Crippen LogP contribution in [0.4, 0.5) is 9.59 Å². The zero-order chi connectivity index (χ0) is 24.6. The number of urea groups is 2. The van der Waals surface area contributed by atoms with Crippen LogP contribution >= 0.6 is 0 Å². The molecule has 0 atom stereocenters. The summed E-state index contributed by atoms with van der Waals surface area (Å²) in [6.07, 6.45) is 5.80. The van der Waals surface area contributed by atoms with Gasteiger partial charge in [0.25, 0.3) is 0 Å². The molecule has 33 heavy (non-hydrogen) atoms. The first-order valence-corrected chi connectivity index (χ1v) is 12.2. The highest BCUT2D eigenvalue weighted by molar-refractivity contribution is 5.79.